The lowest BCUT2D eigenvalue weighted by molar-refractivity contribution is 0.0937. The molecule has 1 unspecified atom stereocenters. The van der Waals surface area contributed by atoms with Crippen molar-refractivity contribution in [2.45, 2.75) is 25.8 Å². The fourth-order valence-corrected chi connectivity index (χ4v) is 3.77. The van der Waals surface area contributed by atoms with Crippen molar-refractivity contribution in [3.63, 3.8) is 0 Å². The third-order valence-corrected chi connectivity index (χ3v) is 5.19. The van der Waals surface area contributed by atoms with E-state index in [1.54, 1.807) is 16.8 Å². The maximum Gasteiger partial charge on any atom is 0.254 e. The number of hydrogen-bond acceptors (Lipinski definition) is 5. The monoisotopic (exact) mass is 373 g/mol. The minimum atomic E-state index is -0.208. The molecule has 3 heterocycles. The molecule has 1 atom stereocenters. The molecule has 0 fully saturated rings. The Morgan fingerprint density at radius 3 is 2.93 bits per heavy atom. The van der Waals surface area contributed by atoms with Crippen molar-refractivity contribution >= 4 is 17.2 Å². The quantitative estimate of drug-likeness (QED) is 0.574. The minimum absolute atomic E-state index is 0.00106. The van der Waals surface area contributed by atoms with E-state index in [-0.39, 0.29) is 11.9 Å². The molecule has 0 radical (unpaired) electrons. The second-order valence-corrected chi connectivity index (χ2v) is 7.02. The summed E-state index contributed by atoms with van der Waals surface area (Å²) in [6, 6.07) is 13.5. The van der Waals surface area contributed by atoms with Crippen molar-refractivity contribution in [2.24, 2.45) is 0 Å². The molecule has 7 nitrogen and oxygen atoms in total. The Labute approximate surface area is 161 Å². The predicted molar refractivity (Wildman–Crippen MR) is 105 cm³/mol. The number of aromatic nitrogens is 3. The second-order valence-electron chi connectivity index (χ2n) is 7.02. The first kappa shape index (κ1) is 16.6. The van der Waals surface area contributed by atoms with Gasteiger partial charge in [0.25, 0.3) is 5.91 Å². The van der Waals surface area contributed by atoms with E-state index >= 15 is 0 Å². The lowest BCUT2D eigenvalue weighted by Gasteiger charge is -2.15. The number of pyridine rings is 1. The molecule has 28 heavy (non-hydrogen) atoms. The molecular weight excluding hydrogens is 354 g/mol. The highest BCUT2D eigenvalue weighted by Gasteiger charge is 2.25. The number of nitrogens with zero attached hydrogens (tertiary/aromatic N) is 3. The molecule has 1 amide bonds. The lowest BCUT2D eigenvalue weighted by Crippen LogP contribution is -2.28. The van der Waals surface area contributed by atoms with Gasteiger partial charge in [0.15, 0.2) is 11.4 Å². The SMILES string of the molecule is Cc1ccc(-c2nc3c(N)c(C(=O)NC4CCc5ccccc54)ccn3n2)o1. The van der Waals surface area contributed by atoms with Crippen LogP contribution in [0.5, 0.6) is 0 Å². The van der Waals surface area contributed by atoms with Crippen molar-refractivity contribution in [1.29, 1.82) is 0 Å². The number of anilines is 1. The van der Waals surface area contributed by atoms with Crippen molar-refractivity contribution in [3.05, 3.63) is 71.1 Å². The van der Waals surface area contributed by atoms with Gasteiger partial charge in [0.05, 0.1) is 17.3 Å². The van der Waals surface area contributed by atoms with E-state index in [2.05, 4.69) is 27.5 Å². The van der Waals surface area contributed by atoms with Crippen molar-refractivity contribution in [2.75, 3.05) is 5.73 Å². The van der Waals surface area contributed by atoms with Crippen LogP contribution in [0.4, 0.5) is 5.69 Å². The Bertz CT molecular complexity index is 1210. The third-order valence-electron chi connectivity index (χ3n) is 5.19. The van der Waals surface area contributed by atoms with E-state index in [1.807, 2.05) is 31.2 Å². The summed E-state index contributed by atoms with van der Waals surface area (Å²) in [7, 11) is 0. The van der Waals surface area contributed by atoms with Crippen LogP contribution in [0, 0.1) is 6.92 Å². The topological polar surface area (TPSA) is 98.4 Å². The number of fused-ring (bicyclic) bond motifs is 2. The van der Waals surface area contributed by atoms with E-state index in [1.165, 1.54) is 11.1 Å². The normalized spacial score (nSPS) is 15.7. The molecule has 0 spiro atoms. The first-order valence-electron chi connectivity index (χ1n) is 9.20. The molecule has 0 aliphatic heterocycles. The average Bonchev–Trinajstić information content (AvgIpc) is 3.41. The number of rotatable bonds is 3. The maximum atomic E-state index is 12.9. The van der Waals surface area contributed by atoms with Crippen LogP contribution in [-0.4, -0.2) is 20.5 Å². The number of amides is 1. The van der Waals surface area contributed by atoms with E-state index in [9.17, 15) is 4.79 Å². The van der Waals surface area contributed by atoms with Crippen LogP contribution in [0.15, 0.2) is 53.1 Å². The van der Waals surface area contributed by atoms with Crippen LogP contribution in [0.25, 0.3) is 17.2 Å². The van der Waals surface area contributed by atoms with Crippen molar-refractivity contribution in [3.8, 4) is 11.6 Å². The van der Waals surface area contributed by atoms with Gasteiger partial charge >= 0.3 is 0 Å². The molecule has 5 rings (SSSR count). The fraction of sp³-hybridized carbons (Fsp3) is 0.190. The summed E-state index contributed by atoms with van der Waals surface area (Å²) in [5.74, 6) is 1.56. The van der Waals surface area contributed by atoms with Crippen LogP contribution < -0.4 is 11.1 Å². The van der Waals surface area contributed by atoms with E-state index in [0.717, 1.165) is 18.6 Å². The fourth-order valence-electron chi connectivity index (χ4n) is 3.77. The molecule has 140 valence electrons. The van der Waals surface area contributed by atoms with Gasteiger partial charge in [-0.15, -0.1) is 5.10 Å². The summed E-state index contributed by atoms with van der Waals surface area (Å²) in [6.45, 7) is 1.86. The lowest BCUT2D eigenvalue weighted by atomic mass is 10.1. The number of nitrogens with two attached hydrogens (primary N) is 1. The molecule has 1 aromatic carbocycles. The van der Waals surface area contributed by atoms with Crippen LogP contribution in [-0.2, 0) is 6.42 Å². The van der Waals surface area contributed by atoms with E-state index in [0.29, 0.717) is 28.5 Å². The Kier molecular flexibility index (Phi) is 3.68. The third kappa shape index (κ3) is 2.63. The van der Waals surface area contributed by atoms with Crippen molar-refractivity contribution < 1.29 is 9.21 Å². The molecular formula is C21H19N5O2. The Balaban J connectivity index is 1.46. The molecule has 3 N–H and O–H groups in total. The zero-order valence-electron chi connectivity index (χ0n) is 15.3. The zero-order chi connectivity index (χ0) is 19.3. The smallest absolute Gasteiger partial charge is 0.254 e. The van der Waals surface area contributed by atoms with Gasteiger partial charge in [-0.05, 0) is 49.1 Å². The molecule has 0 bridgehead atoms. The number of benzene rings is 1. The van der Waals surface area contributed by atoms with E-state index in [4.69, 9.17) is 10.2 Å². The number of furan rings is 1. The largest absolute Gasteiger partial charge is 0.458 e. The zero-order valence-corrected chi connectivity index (χ0v) is 15.3. The molecule has 1 aliphatic carbocycles. The van der Waals surface area contributed by atoms with Gasteiger partial charge in [-0.2, -0.15) is 0 Å². The molecule has 0 saturated carbocycles. The van der Waals surface area contributed by atoms with Gasteiger partial charge < -0.3 is 15.5 Å². The van der Waals surface area contributed by atoms with Crippen LogP contribution >= 0.6 is 0 Å². The molecule has 0 saturated heterocycles. The summed E-state index contributed by atoms with van der Waals surface area (Å²) in [5, 5.41) is 7.49. The summed E-state index contributed by atoms with van der Waals surface area (Å²) >= 11 is 0. The number of nitrogens with one attached hydrogen (secondary N) is 1. The first-order valence-corrected chi connectivity index (χ1v) is 9.20. The Morgan fingerprint density at radius 1 is 1.25 bits per heavy atom. The molecule has 7 heteroatoms. The number of hydrogen-bond donors (Lipinski definition) is 2. The number of carbonyl (C=O) groups is 1. The van der Waals surface area contributed by atoms with Crippen LogP contribution in [0.2, 0.25) is 0 Å². The van der Waals surface area contributed by atoms with Gasteiger partial charge in [-0.1, -0.05) is 24.3 Å². The van der Waals surface area contributed by atoms with E-state index < -0.39 is 0 Å². The van der Waals surface area contributed by atoms with Gasteiger partial charge in [0, 0.05) is 6.20 Å². The Morgan fingerprint density at radius 2 is 2.11 bits per heavy atom. The molecule has 3 aromatic heterocycles. The van der Waals surface area contributed by atoms with Crippen LogP contribution in [0.3, 0.4) is 0 Å². The summed E-state index contributed by atoms with van der Waals surface area (Å²) < 4.78 is 7.14. The summed E-state index contributed by atoms with van der Waals surface area (Å²) in [6.07, 6.45) is 3.54. The van der Waals surface area contributed by atoms with Gasteiger partial charge in [-0.25, -0.2) is 9.50 Å². The maximum absolute atomic E-state index is 12.9. The second kappa shape index (κ2) is 6.23. The van der Waals surface area contributed by atoms with Crippen molar-refractivity contribution in [1.82, 2.24) is 19.9 Å². The predicted octanol–water partition coefficient (Wildman–Crippen LogP) is 3.30. The molecule has 1 aliphatic rings. The highest BCUT2D eigenvalue weighted by Crippen LogP contribution is 2.31. The van der Waals surface area contributed by atoms with Gasteiger partial charge in [-0.3, -0.25) is 4.79 Å². The highest BCUT2D eigenvalue weighted by molar-refractivity contribution is 6.02. The summed E-state index contributed by atoms with van der Waals surface area (Å²) in [4.78, 5) is 17.3. The number of aryl methyl sites for hydroxylation is 2. The number of nitrogen functional groups attached to an aromatic ring is 1. The first-order chi connectivity index (χ1) is 13.6. The highest BCUT2D eigenvalue weighted by atomic mass is 16.3. The molecule has 4 aromatic rings. The van der Waals surface area contributed by atoms with Gasteiger partial charge in [0.2, 0.25) is 5.82 Å². The minimum Gasteiger partial charge on any atom is -0.458 e. The van der Waals surface area contributed by atoms with Crippen LogP contribution in [0.1, 0.15) is 39.7 Å². The average molecular weight is 373 g/mol. The standard InChI is InChI=1S/C21H19N5O2/c1-12-6-9-17(28-12)19-24-20-18(22)15(10-11-26(20)25-19)21(27)23-16-8-7-13-4-2-3-5-14(13)16/h2-6,9-11,16H,7-8,22H2,1H3,(H,23,27). The summed E-state index contributed by atoms with van der Waals surface area (Å²) in [5.41, 5.74) is 9.86. The number of carbonyl (C=O) groups excluding carboxylic acids is 1. The van der Waals surface area contributed by atoms with Gasteiger partial charge in [0.1, 0.15) is 5.76 Å². The Hall–Kier alpha value is -3.61.